The Balaban J connectivity index is 3.68. The number of rotatable bonds is 9. The number of hydrogen-bond donors (Lipinski definition) is 1. The van der Waals surface area contributed by atoms with E-state index in [9.17, 15) is 5.11 Å². The molecule has 16 heavy (non-hydrogen) atoms. The second-order valence-corrected chi connectivity index (χ2v) is 4.45. The molecule has 0 heterocycles. The van der Waals surface area contributed by atoms with Crippen molar-refractivity contribution in [1.29, 1.82) is 0 Å². The van der Waals surface area contributed by atoms with Gasteiger partial charge in [-0.15, -0.1) is 0 Å². The van der Waals surface area contributed by atoms with Crippen LogP contribution in [0.15, 0.2) is 0 Å². The highest BCUT2D eigenvalue weighted by molar-refractivity contribution is 4.66. The second-order valence-electron chi connectivity index (χ2n) is 4.45. The predicted octanol–water partition coefficient (Wildman–Crippen LogP) is 1.13. The van der Waals surface area contributed by atoms with Crippen molar-refractivity contribution in [3.8, 4) is 0 Å². The van der Waals surface area contributed by atoms with Gasteiger partial charge in [0.2, 0.25) is 0 Å². The molecule has 0 rings (SSSR count). The maximum atomic E-state index is 9.77. The van der Waals surface area contributed by atoms with E-state index in [2.05, 4.69) is 18.7 Å². The molecule has 4 nitrogen and oxygen atoms in total. The summed E-state index contributed by atoms with van der Waals surface area (Å²) in [6.45, 7) is 7.81. The number of hydrogen-bond acceptors (Lipinski definition) is 4. The number of likely N-dealkylation sites (N-methyl/N-ethyl adjacent to an activating group) is 1. The summed E-state index contributed by atoms with van der Waals surface area (Å²) in [6, 6.07) is 0.492. The molecular formula is C12H27NO3. The highest BCUT2D eigenvalue weighted by Crippen LogP contribution is 2.02. The highest BCUT2D eigenvalue weighted by atomic mass is 16.5. The Bertz CT molecular complexity index is 166. The first-order chi connectivity index (χ1) is 7.51. The Kier molecular flexibility index (Phi) is 8.84. The van der Waals surface area contributed by atoms with Gasteiger partial charge in [-0.05, 0) is 27.3 Å². The molecule has 0 aliphatic heterocycles. The predicted molar refractivity (Wildman–Crippen MR) is 65.7 cm³/mol. The summed E-state index contributed by atoms with van der Waals surface area (Å²) in [5, 5.41) is 9.77. The van der Waals surface area contributed by atoms with E-state index in [1.54, 1.807) is 7.11 Å². The van der Waals surface area contributed by atoms with E-state index in [1.165, 1.54) is 0 Å². The molecule has 0 spiro atoms. The van der Waals surface area contributed by atoms with Crippen molar-refractivity contribution in [2.45, 2.75) is 45.4 Å². The molecule has 0 aromatic heterocycles. The van der Waals surface area contributed by atoms with Crippen LogP contribution in [0.2, 0.25) is 0 Å². The third kappa shape index (κ3) is 7.17. The van der Waals surface area contributed by atoms with Crippen molar-refractivity contribution in [2.24, 2.45) is 0 Å². The molecule has 0 saturated carbocycles. The fourth-order valence-electron chi connectivity index (χ4n) is 1.43. The summed E-state index contributed by atoms with van der Waals surface area (Å²) in [4.78, 5) is 2.15. The van der Waals surface area contributed by atoms with Gasteiger partial charge in [0.1, 0.15) is 0 Å². The zero-order valence-electron chi connectivity index (χ0n) is 11.3. The summed E-state index contributed by atoms with van der Waals surface area (Å²) >= 11 is 0. The van der Waals surface area contributed by atoms with Crippen LogP contribution in [0.3, 0.4) is 0 Å². The Morgan fingerprint density at radius 3 is 2.38 bits per heavy atom. The van der Waals surface area contributed by atoms with Crippen molar-refractivity contribution in [1.82, 2.24) is 4.90 Å². The topological polar surface area (TPSA) is 41.9 Å². The quantitative estimate of drug-likeness (QED) is 0.648. The lowest BCUT2D eigenvalue weighted by molar-refractivity contribution is -0.0402. The zero-order chi connectivity index (χ0) is 12.6. The molecule has 1 N–H and O–H groups in total. The molecule has 4 heteroatoms. The van der Waals surface area contributed by atoms with Crippen molar-refractivity contribution in [3.63, 3.8) is 0 Å². The van der Waals surface area contributed by atoms with Gasteiger partial charge in [0.25, 0.3) is 0 Å². The van der Waals surface area contributed by atoms with Crippen molar-refractivity contribution < 1.29 is 14.6 Å². The van der Waals surface area contributed by atoms with Crippen molar-refractivity contribution in [3.05, 3.63) is 0 Å². The minimum absolute atomic E-state index is 0.0357. The largest absolute Gasteiger partial charge is 0.389 e. The van der Waals surface area contributed by atoms with Crippen LogP contribution in [0.25, 0.3) is 0 Å². The van der Waals surface area contributed by atoms with Crippen LogP contribution in [0, 0.1) is 0 Å². The van der Waals surface area contributed by atoms with Gasteiger partial charge in [-0.25, -0.2) is 0 Å². The molecule has 3 atom stereocenters. The van der Waals surface area contributed by atoms with Gasteiger partial charge in [0.15, 0.2) is 0 Å². The first-order valence-corrected chi connectivity index (χ1v) is 6.00. The van der Waals surface area contributed by atoms with Gasteiger partial charge in [0, 0.05) is 19.7 Å². The van der Waals surface area contributed by atoms with Crippen LogP contribution in [0.4, 0.5) is 0 Å². The Morgan fingerprint density at radius 2 is 1.88 bits per heavy atom. The second kappa shape index (κ2) is 8.93. The van der Waals surface area contributed by atoms with Gasteiger partial charge in [-0.3, -0.25) is 0 Å². The lowest BCUT2D eigenvalue weighted by Gasteiger charge is -2.26. The fraction of sp³-hybridized carbons (Fsp3) is 1.00. The van der Waals surface area contributed by atoms with E-state index in [-0.39, 0.29) is 6.10 Å². The van der Waals surface area contributed by atoms with Crippen LogP contribution in [0.1, 0.15) is 27.2 Å². The minimum Gasteiger partial charge on any atom is -0.389 e. The van der Waals surface area contributed by atoms with Crippen LogP contribution >= 0.6 is 0 Å². The fourth-order valence-corrected chi connectivity index (χ4v) is 1.43. The molecule has 0 saturated heterocycles. The summed E-state index contributed by atoms with van der Waals surface area (Å²) in [5.41, 5.74) is 0. The number of aliphatic hydroxyl groups excluding tert-OH is 1. The summed E-state index contributed by atoms with van der Waals surface area (Å²) < 4.78 is 10.4. The van der Waals surface area contributed by atoms with Crippen LogP contribution in [-0.4, -0.2) is 62.2 Å². The van der Waals surface area contributed by atoms with Gasteiger partial charge >= 0.3 is 0 Å². The van der Waals surface area contributed by atoms with Gasteiger partial charge in [0.05, 0.1) is 25.4 Å². The van der Waals surface area contributed by atoms with E-state index >= 15 is 0 Å². The van der Waals surface area contributed by atoms with Gasteiger partial charge in [-0.2, -0.15) is 0 Å². The molecule has 0 aromatic carbocycles. The van der Waals surface area contributed by atoms with Gasteiger partial charge < -0.3 is 19.5 Å². The van der Waals surface area contributed by atoms with Gasteiger partial charge in [-0.1, -0.05) is 6.92 Å². The molecule has 0 bridgehead atoms. The Labute approximate surface area is 99.5 Å². The molecule has 0 aliphatic rings. The standard InChI is InChI=1S/C12H27NO3/c1-6-10(2)13(4)7-12(14)9-16-11(3)8-15-5/h10-12,14H,6-9H2,1-5H3. The smallest absolute Gasteiger partial charge is 0.0900 e. The number of methoxy groups -OCH3 is 1. The Hall–Kier alpha value is -0.160. The molecular weight excluding hydrogens is 206 g/mol. The van der Waals surface area contributed by atoms with Crippen LogP contribution in [0.5, 0.6) is 0 Å². The molecule has 0 radical (unpaired) electrons. The number of aliphatic hydroxyl groups is 1. The lowest BCUT2D eigenvalue weighted by atomic mass is 10.2. The molecule has 98 valence electrons. The summed E-state index contributed by atoms with van der Waals surface area (Å²) in [7, 11) is 3.67. The lowest BCUT2D eigenvalue weighted by Crippen LogP contribution is -2.38. The third-order valence-corrected chi connectivity index (χ3v) is 2.82. The number of ether oxygens (including phenoxy) is 2. The van der Waals surface area contributed by atoms with E-state index in [0.717, 1.165) is 6.42 Å². The maximum absolute atomic E-state index is 9.77. The monoisotopic (exact) mass is 233 g/mol. The molecule has 0 aliphatic carbocycles. The van der Waals surface area contributed by atoms with E-state index in [1.807, 2.05) is 14.0 Å². The molecule has 3 unspecified atom stereocenters. The number of nitrogens with zero attached hydrogens (tertiary/aromatic N) is 1. The molecule has 0 amide bonds. The van der Waals surface area contributed by atoms with Crippen LogP contribution < -0.4 is 0 Å². The van der Waals surface area contributed by atoms with E-state index in [4.69, 9.17) is 9.47 Å². The summed E-state index contributed by atoms with van der Waals surface area (Å²) in [5.74, 6) is 0. The first-order valence-electron chi connectivity index (χ1n) is 6.00. The molecule has 0 fully saturated rings. The van der Waals surface area contributed by atoms with E-state index in [0.29, 0.717) is 25.8 Å². The summed E-state index contributed by atoms with van der Waals surface area (Å²) in [6.07, 6.45) is 0.691. The Morgan fingerprint density at radius 1 is 1.25 bits per heavy atom. The highest BCUT2D eigenvalue weighted by Gasteiger charge is 2.13. The maximum Gasteiger partial charge on any atom is 0.0900 e. The van der Waals surface area contributed by atoms with E-state index < -0.39 is 6.10 Å². The molecule has 0 aromatic rings. The average molecular weight is 233 g/mol. The average Bonchev–Trinajstić information content (AvgIpc) is 2.25. The minimum atomic E-state index is -0.432. The SMILES string of the molecule is CCC(C)N(C)CC(O)COC(C)COC. The van der Waals surface area contributed by atoms with Crippen LogP contribution in [-0.2, 0) is 9.47 Å². The van der Waals surface area contributed by atoms with Crippen molar-refractivity contribution >= 4 is 0 Å². The normalized spacial score (nSPS) is 17.4. The van der Waals surface area contributed by atoms with Crippen molar-refractivity contribution in [2.75, 3.05) is 33.9 Å². The zero-order valence-corrected chi connectivity index (χ0v) is 11.3. The first kappa shape index (κ1) is 15.8. The third-order valence-electron chi connectivity index (χ3n) is 2.82.